The van der Waals surface area contributed by atoms with Gasteiger partial charge >= 0.3 is 0 Å². The van der Waals surface area contributed by atoms with Crippen LogP contribution in [0.15, 0.2) is 42.5 Å². The monoisotopic (exact) mass is 338 g/mol. The van der Waals surface area contributed by atoms with Gasteiger partial charge in [0.2, 0.25) is 11.8 Å². The Balaban J connectivity index is 1.56. The number of hydrogen-bond acceptors (Lipinski definition) is 3. The number of anilines is 2. The van der Waals surface area contributed by atoms with E-state index in [1.54, 1.807) is 31.4 Å². The van der Waals surface area contributed by atoms with Crippen molar-refractivity contribution in [2.24, 2.45) is 5.92 Å². The average molecular weight is 338 g/mol. The lowest BCUT2D eigenvalue weighted by Gasteiger charge is -2.09. The molecule has 0 aliphatic heterocycles. The fourth-order valence-corrected chi connectivity index (χ4v) is 2.59. The zero-order chi connectivity index (χ0) is 17.8. The Morgan fingerprint density at radius 2 is 1.68 bits per heavy atom. The van der Waals surface area contributed by atoms with Gasteiger partial charge in [-0.1, -0.05) is 12.1 Å². The standard InChI is InChI=1S/C20H22N2O3/c1-13-3-4-14(11-18(13)25-2)12-19(23)21-16-7-9-17(10-8-16)22-20(24)15-5-6-15/h3-4,7-11,15H,5-6,12H2,1-2H3,(H,21,23)(H,22,24). The zero-order valence-corrected chi connectivity index (χ0v) is 14.5. The second-order valence-corrected chi connectivity index (χ2v) is 6.37. The second-order valence-electron chi connectivity index (χ2n) is 6.37. The highest BCUT2D eigenvalue weighted by Gasteiger charge is 2.29. The summed E-state index contributed by atoms with van der Waals surface area (Å²) in [5, 5.41) is 5.74. The number of carbonyl (C=O) groups is 2. The lowest BCUT2D eigenvalue weighted by Crippen LogP contribution is -2.15. The van der Waals surface area contributed by atoms with E-state index in [1.165, 1.54) is 0 Å². The third-order valence-electron chi connectivity index (χ3n) is 4.22. The topological polar surface area (TPSA) is 67.4 Å². The van der Waals surface area contributed by atoms with Crippen molar-refractivity contribution in [3.8, 4) is 5.75 Å². The molecule has 0 heterocycles. The SMILES string of the molecule is COc1cc(CC(=O)Nc2ccc(NC(=O)C3CC3)cc2)ccc1C. The second kappa shape index (κ2) is 7.38. The molecular weight excluding hydrogens is 316 g/mol. The molecule has 0 aromatic heterocycles. The summed E-state index contributed by atoms with van der Waals surface area (Å²) in [5.41, 5.74) is 3.38. The van der Waals surface area contributed by atoms with Gasteiger partial charge in [0.05, 0.1) is 13.5 Å². The number of hydrogen-bond donors (Lipinski definition) is 2. The van der Waals surface area contributed by atoms with Crippen LogP contribution in [0.4, 0.5) is 11.4 Å². The first-order valence-corrected chi connectivity index (χ1v) is 8.39. The van der Waals surface area contributed by atoms with Gasteiger partial charge in [-0.25, -0.2) is 0 Å². The lowest BCUT2D eigenvalue weighted by atomic mass is 10.1. The van der Waals surface area contributed by atoms with Gasteiger partial charge in [0.1, 0.15) is 5.75 Å². The van der Waals surface area contributed by atoms with Gasteiger partial charge in [0.25, 0.3) is 0 Å². The molecule has 0 atom stereocenters. The van der Waals surface area contributed by atoms with E-state index in [1.807, 2.05) is 25.1 Å². The molecule has 3 rings (SSSR count). The quantitative estimate of drug-likeness (QED) is 0.847. The van der Waals surface area contributed by atoms with Crippen molar-refractivity contribution in [3.05, 3.63) is 53.6 Å². The molecule has 2 amide bonds. The Bertz CT molecular complexity index is 780. The number of benzene rings is 2. The summed E-state index contributed by atoms with van der Waals surface area (Å²) in [5.74, 6) is 0.928. The van der Waals surface area contributed by atoms with Gasteiger partial charge in [-0.05, 0) is 61.2 Å². The van der Waals surface area contributed by atoms with E-state index >= 15 is 0 Å². The van der Waals surface area contributed by atoms with Crippen LogP contribution in [0.25, 0.3) is 0 Å². The molecule has 2 aromatic carbocycles. The summed E-state index contributed by atoms with van der Waals surface area (Å²) in [6.45, 7) is 1.96. The largest absolute Gasteiger partial charge is 0.496 e. The van der Waals surface area contributed by atoms with E-state index < -0.39 is 0 Å². The Morgan fingerprint density at radius 3 is 2.28 bits per heavy atom. The van der Waals surface area contributed by atoms with E-state index in [0.29, 0.717) is 5.69 Å². The van der Waals surface area contributed by atoms with Crippen molar-refractivity contribution in [1.29, 1.82) is 0 Å². The number of carbonyl (C=O) groups excluding carboxylic acids is 2. The number of rotatable bonds is 6. The lowest BCUT2D eigenvalue weighted by molar-refractivity contribution is -0.117. The molecule has 0 spiro atoms. The summed E-state index contributed by atoms with van der Waals surface area (Å²) in [7, 11) is 1.62. The van der Waals surface area contributed by atoms with Gasteiger partial charge in [-0.3, -0.25) is 9.59 Å². The third kappa shape index (κ3) is 4.59. The fourth-order valence-electron chi connectivity index (χ4n) is 2.59. The average Bonchev–Trinajstić information content (AvgIpc) is 3.43. The molecule has 1 aliphatic carbocycles. The molecule has 0 saturated heterocycles. The van der Waals surface area contributed by atoms with Crippen LogP contribution in [0.3, 0.4) is 0 Å². The van der Waals surface area contributed by atoms with E-state index in [0.717, 1.165) is 35.4 Å². The minimum Gasteiger partial charge on any atom is -0.496 e. The van der Waals surface area contributed by atoms with Crippen LogP contribution in [-0.2, 0) is 16.0 Å². The molecule has 0 bridgehead atoms. The van der Waals surface area contributed by atoms with Gasteiger partial charge in [-0.2, -0.15) is 0 Å². The van der Waals surface area contributed by atoms with Crippen molar-refractivity contribution in [2.45, 2.75) is 26.2 Å². The highest BCUT2D eigenvalue weighted by atomic mass is 16.5. The van der Waals surface area contributed by atoms with Crippen molar-refractivity contribution in [2.75, 3.05) is 17.7 Å². The van der Waals surface area contributed by atoms with Gasteiger partial charge in [-0.15, -0.1) is 0 Å². The normalized spacial score (nSPS) is 13.2. The maximum Gasteiger partial charge on any atom is 0.228 e. The summed E-state index contributed by atoms with van der Waals surface area (Å²) in [6, 6.07) is 12.9. The highest BCUT2D eigenvalue weighted by molar-refractivity contribution is 5.95. The number of aryl methyl sites for hydroxylation is 1. The summed E-state index contributed by atoms with van der Waals surface area (Å²) in [6.07, 6.45) is 2.23. The maximum absolute atomic E-state index is 12.2. The first-order chi connectivity index (χ1) is 12.0. The fraction of sp³-hybridized carbons (Fsp3) is 0.300. The number of methoxy groups -OCH3 is 1. The van der Waals surface area contributed by atoms with E-state index in [4.69, 9.17) is 4.74 Å². The van der Waals surface area contributed by atoms with Crippen molar-refractivity contribution in [1.82, 2.24) is 0 Å². The molecule has 5 heteroatoms. The Labute approximate surface area is 147 Å². The molecule has 0 radical (unpaired) electrons. The molecular formula is C20H22N2O3. The summed E-state index contributed by atoms with van der Waals surface area (Å²) in [4.78, 5) is 23.9. The molecule has 2 N–H and O–H groups in total. The molecule has 1 fully saturated rings. The first-order valence-electron chi connectivity index (χ1n) is 8.39. The Hall–Kier alpha value is -2.82. The predicted octanol–water partition coefficient (Wildman–Crippen LogP) is 3.53. The summed E-state index contributed by atoms with van der Waals surface area (Å²) < 4.78 is 5.29. The van der Waals surface area contributed by atoms with Gasteiger partial charge < -0.3 is 15.4 Å². The van der Waals surface area contributed by atoms with Crippen LogP contribution in [-0.4, -0.2) is 18.9 Å². The minimum absolute atomic E-state index is 0.0742. The smallest absolute Gasteiger partial charge is 0.228 e. The van der Waals surface area contributed by atoms with Crippen LogP contribution in [0.5, 0.6) is 5.75 Å². The molecule has 0 unspecified atom stereocenters. The Morgan fingerprint density at radius 1 is 1.04 bits per heavy atom. The van der Waals surface area contributed by atoms with Gasteiger partial charge in [0.15, 0.2) is 0 Å². The summed E-state index contributed by atoms with van der Waals surface area (Å²) >= 11 is 0. The van der Waals surface area contributed by atoms with E-state index in [2.05, 4.69) is 10.6 Å². The van der Waals surface area contributed by atoms with Crippen LogP contribution in [0, 0.1) is 12.8 Å². The zero-order valence-electron chi connectivity index (χ0n) is 14.5. The van der Waals surface area contributed by atoms with E-state index in [9.17, 15) is 9.59 Å². The maximum atomic E-state index is 12.2. The molecule has 1 aliphatic rings. The van der Waals surface area contributed by atoms with Crippen molar-refractivity contribution < 1.29 is 14.3 Å². The van der Waals surface area contributed by atoms with E-state index in [-0.39, 0.29) is 24.2 Å². The van der Waals surface area contributed by atoms with Crippen LogP contribution in [0.2, 0.25) is 0 Å². The number of amides is 2. The predicted molar refractivity (Wildman–Crippen MR) is 97.9 cm³/mol. The van der Waals surface area contributed by atoms with Crippen molar-refractivity contribution >= 4 is 23.2 Å². The van der Waals surface area contributed by atoms with Crippen LogP contribution >= 0.6 is 0 Å². The molecule has 130 valence electrons. The number of ether oxygens (including phenoxy) is 1. The molecule has 5 nitrogen and oxygen atoms in total. The third-order valence-corrected chi connectivity index (χ3v) is 4.22. The molecule has 25 heavy (non-hydrogen) atoms. The molecule has 2 aromatic rings. The Kier molecular flexibility index (Phi) is 5.03. The first kappa shape index (κ1) is 17.0. The highest BCUT2D eigenvalue weighted by Crippen LogP contribution is 2.30. The minimum atomic E-state index is -0.0966. The van der Waals surface area contributed by atoms with Crippen LogP contribution in [0.1, 0.15) is 24.0 Å². The molecule has 1 saturated carbocycles. The van der Waals surface area contributed by atoms with Gasteiger partial charge in [0, 0.05) is 17.3 Å². The number of nitrogens with one attached hydrogen (secondary N) is 2. The van der Waals surface area contributed by atoms with Crippen molar-refractivity contribution in [3.63, 3.8) is 0 Å². The van der Waals surface area contributed by atoms with Crippen LogP contribution < -0.4 is 15.4 Å².